The SMILES string of the molecule is FCO[n+]1ccc2ccccc2c1. The first kappa shape index (κ1) is 7.98. The Labute approximate surface area is 75.1 Å². The van der Waals surface area contributed by atoms with Crippen molar-refractivity contribution < 1.29 is 14.0 Å². The number of pyridine rings is 1. The first-order valence-corrected chi connectivity index (χ1v) is 3.99. The van der Waals surface area contributed by atoms with Crippen molar-refractivity contribution in [2.45, 2.75) is 0 Å². The number of nitrogens with zero attached hydrogens (tertiary/aromatic N) is 1. The number of aromatic nitrogens is 1. The third-order valence-corrected chi connectivity index (χ3v) is 1.86. The smallest absolute Gasteiger partial charge is 0.238 e. The Morgan fingerprint density at radius 3 is 2.69 bits per heavy atom. The highest BCUT2D eigenvalue weighted by Gasteiger charge is 2.02. The van der Waals surface area contributed by atoms with Crippen molar-refractivity contribution >= 4 is 10.8 Å². The van der Waals surface area contributed by atoms with Crippen LogP contribution in [0.1, 0.15) is 0 Å². The molecule has 66 valence electrons. The van der Waals surface area contributed by atoms with E-state index in [1.165, 1.54) is 4.73 Å². The summed E-state index contributed by atoms with van der Waals surface area (Å²) in [6.45, 7) is -0.816. The maximum absolute atomic E-state index is 11.8. The van der Waals surface area contributed by atoms with Crippen molar-refractivity contribution in [3.8, 4) is 0 Å². The lowest BCUT2D eigenvalue weighted by atomic mass is 10.2. The number of hydrogen-bond acceptors (Lipinski definition) is 1. The van der Waals surface area contributed by atoms with E-state index in [1.54, 1.807) is 12.4 Å². The molecule has 2 rings (SSSR count). The van der Waals surface area contributed by atoms with Gasteiger partial charge in [-0.2, -0.15) is 4.39 Å². The summed E-state index contributed by atoms with van der Waals surface area (Å²) in [5.74, 6) is 0. The van der Waals surface area contributed by atoms with Crippen molar-refractivity contribution in [1.29, 1.82) is 0 Å². The molecule has 0 spiro atoms. The predicted octanol–water partition coefficient (Wildman–Crippen LogP) is 1.48. The molecule has 0 saturated carbocycles. The quantitative estimate of drug-likeness (QED) is 0.635. The number of halogens is 1. The van der Waals surface area contributed by atoms with E-state index >= 15 is 0 Å². The lowest BCUT2D eigenvalue weighted by molar-refractivity contribution is -0.894. The zero-order chi connectivity index (χ0) is 9.10. The summed E-state index contributed by atoms with van der Waals surface area (Å²) in [5, 5.41) is 2.14. The molecular weight excluding hydrogens is 169 g/mol. The summed E-state index contributed by atoms with van der Waals surface area (Å²) in [6, 6.07) is 9.72. The van der Waals surface area contributed by atoms with Crippen LogP contribution in [-0.2, 0) is 0 Å². The average molecular weight is 178 g/mol. The molecule has 0 unspecified atom stereocenters. The van der Waals surface area contributed by atoms with Crippen LogP contribution < -0.4 is 9.57 Å². The van der Waals surface area contributed by atoms with Crippen LogP contribution in [0.3, 0.4) is 0 Å². The van der Waals surface area contributed by atoms with E-state index in [0.717, 1.165) is 10.8 Å². The van der Waals surface area contributed by atoms with Gasteiger partial charge in [0.05, 0.1) is 5.39 Å². The highest BCUT2D eigenvalue weighted by molar-refractivity contribution is 5.80. The number of hydrogen-bond donors (Lipinski definition) is 0. The van der Waals surface area contributed by atoms with Crippen molar-refractivity contribution in [1.82, 2.24) is 0 Å². The Morgan fingerprint density at radius 1 is 1.15 bits per heavy atom. The van der Waals surface area contributed by atoms with Gasteiger partial charge in [-0.25, -0.2) is 4.84 Å². The highest BCUT2D eigenvalue weighted by atomic mass is 19.1. The summed E-state index contributed by atoms with van der Waals surface area (Å²) >= 11 is 0. The Morgan fingerprint density at radius 2 is 1.92 bits per heavy atom. The van der Waals surface area contributed by atoms with E-state index in [4.69, 9.17) is 0 Å². The second-order valence-corrected chi connectivity index (χ2v) is 2.67. The minimum Gasteiger partial charge on any atom is -0.238 e. The normalized spacial score (nSPS) is 10.2. The maximum Gasteiger partial charge on any atom is 0.297 e. The Balaban J connectivity index is 2.49. The molecule has 0 aliphatic carbocycles. The van der Waals surface area contributed by atoms with Crippen LogP contribution in [0.4, 0.5) is 4.39 Å². The molecule has 0 radical (unpaired) electrons. The molecule has 0 saturated heterocycles. The molecule has 0 aliphatic rings. The van der Waals surface area contributed by atoms with Crippen LogP contribution in [0.15, 0.2) is 42.7 Å². The molecule has 2 nitrogen and oxygen atoms in total. The average Bonchev–Trinajstić information content (AvgIpc) is 2.18. The Kier molecular flexibility index (Phi) is 2.08. The van der Waals surface area contributed by atoms with Crippen molar-refractivity contribution in [2.24, 2.45) is 0 Å². The van der Waals surface area contributed by atoms with Crippen molar-refractivity contribution in [3.63, 3.8) is 0 Å². The van der Waals surface area contributed by atoms with Gasteiger partial charge in [-0.05, 0) is 11.5 Å². The third kappa shape index (κ3) is 1.59. The maximum atomic E-state index is 11.8. The molecule has 1 aromatic heterocycles. The van der Waals surface area contributed by atoms with Gasteiger partial charge in [0.1, 0.15) is 0 Å². The van der Waals surface area contributed by atoms with E-state index in [-0.39, 0.29) is 0 Å². The number of rotatable bonds is 2. The minimum atomic E-state index is -0.816. The van der Waals surface area contributed by atoms with E-state index in [9.17, 15) is 4.39 Å². The summed E-state index contributed by atoms with van der Waals surface area (Å²) in [6.07, 6.45) is 3.43. The standard InChI is InChI=1S/C10H9FNO/c11-8-13-12-6-5-9-3-1-2-4-10(9)7-12/h1-7H,8H2/q+1. The van der Waals surface area contributed by atoms with Gasteiger partial charge in [0.2, 0.25) is 12.4 Å². The van der Waals surface area contributed by atoms with Gasteiger partial charge in [0.25, 0.3) is 6.86 Å². The number of benzene rings is 1. The van der Waals surface area contributed by atoms with Gasteiger partial charge in [-0.3, -0.25) is 0 Å². The molecule has 0 fully saturated rings. The van der Waals surface area contributed by atoms with E-state index < -0.39 is 6.86 Å². The molecule has 0 aliphatic heterocycles. The van der Waals surface area contributed by atoms with Crippen molar-refractivity contribution in [3.05, 3.63) is 42.7 Å². The minimum absolute atomic E-state index is 0.816. The lowest BCUT2D eigenvalue weighted by Gasteiger charge is -1.95. The van der Waals surface area contributed by atoms with Crippen LogP contribution in [0.5, 0.6) is 0 Å². The van der Waals surface area contributed by atoms with Gasteiger partial charge in [-0.1, -0.05) is 18.2 Å². The monoisotopic (exact) mass is 178 g/mol. The van der Waals surface area contributed by atoms with Gasteiger partial charge in [0.15, 0.2) is 0 Å². The van der Waals surface area contributed by atoms with Crippen LogP contribution in [0, 0.1) is 0 Å². The van der Waals surface area contributed by atoms with Crippen LogP contribution in [-0.4, -0.2) is 6.86 Å². The molecular formula is C10H9FNO+. The molecule has 0 atom stereocenters. The van der Waals surface area contributed by atoms with Crippen LogP contribution >= 0.6 is 0 Å². The molecule has 1 heterocycles. The summed E-state index contributed by atoms with van der Waals surface area (Å²) in [4.78, 5) is 4.66. The third-order valence-electron chi connectivity index (χ3n) is 1.86. The first-order valence-electron chi connectivity index (χ1n) is 3.99. The van der Waals surface area contributed by atoms with Gasteiger partial charge >= 0.3 is 0 Å². The molecule has 0 N–H and O–H groups in total. The topological polar surface area (TPSA) is 13.1 Å². The number of fused-ring (bicyclic) bond motifs is 1. The highest BCUT2D eigenvalue weighted by Crippen LogP contribution is 2.08. The fourth-order valence-electron chi connectivity index (χ4n) is 1.25. The predicted molar refractivity (Wildman–Crippen MR) is 46.7 cm³/mol. The first-order chi connectivity index (χ1) is 6.40. The van der Waals surface area contributed by atoms with Crippen molar-refractivity contribution in [2.75, 3.05) is 6.86 Å². The van der Waals surface area contributed by atoms with Gasteiger partial charge in [0, 0.05) is 10.8 Å². The number of alkyl halides is 1. The Bertz CT molecular complexity index is 416. The zero-order valence-electron chi connectivity index (χ0n) is 6.98. The summed E-state index contributed by atoms with van der Waals surface area (Å²) < 4.78 is 13.2. The lowest BCUT2D eigenvalue weighted by Crippen LogP contribution is -2.41. The zero-order valence-corrected chi connectivity index (χ0v) is 6.98. The molecule has 0 bridgehead atoms. The fourth-order valence-corrected chi connectivity index (χ4v) is 1.25. The largest absolute Gasteiger partial charge is 0.297 e. The molecule has 2 aromatic rings. The van der Waals surface area contributed by atoms with Crippen LogP contribution in [0.25, 0.3) is 10.8 Å². The Hall–Kier alpha value is -1.64. The summed E-state index contributed by atoms with van der Waals surface area (Å²) in [7, 11) is 0. The van der Waals surface area contributed by atoms with E-state index in [2.05, 4.69) is 4.84 Å². The fraction of sp³-hybridized carbons (Fsp3) is 0.100. The van der Waals surface area contributed by atoms with Gasteiger partial charge < -0.3 is 0 Å². The molecule has 0 amide bonds. The van der Waals surface area contributed by atoms with Crippen LogP contribution in [0.2, 0.25) is 0 Å². The van der Waals surface area contributed by atoms with E-state index in [0.29, 0.717) is 0 Å². The van der Waals surface area contributed by atoms with Gasteiger partial charge in [-0.15, -0.1) is 0 Å². The molecule has 1 aromatic carbocycles. The van der Waals surface area contributed by atoms with E-state index in [1.807, 2.05) is 30.3 Å². The second-order valence-electron chi connectivity index (χ2n) is 2.67. The molecule has 13 heavy (non-hydrogen) atoms. The molecule has 3 heteroatoms. The second kappa shape index (κ2) is 3.39. The summed E-state index contributed by atoms with van der Waals surface area (Å²) in [5.41, 5.74) is 0.